The van der Waals surface area contributed by atoms with E-state index >= 15 is 0 Å². The number of aliphatic imine (C=N–C) groups is 1. The van der Waals surface area contributed by atoms with Gasteiger partial charge in [-0.3, -0.25) is 4.99 Å². The van der Waals surface area contributed by atoms with Crippen LogP contribution in [-0.4, -0.2) is 42.9 Å². The maximum Gasteiger partial charge on any atom is 0.166 e. The molecule has 1 aliphatic heterocycles. The molecule has 0 bridgehead atoms. The SMILES string of the molecule is C=C(F)C(=C)C1(C)N=CC(C)(C)S(=O)(=O)C1CCOC(C)C. The van der Waals surface area contributed by atoms with Gasteiger partial charge >= 0.3 is 0 Å². The molecule has 0 aromatic rings. The second kappa shape index (κ2) is 6.24. The Bertz CT molecular complexity index is 593. The molecule has 1 rings (SSSR count). The molecule has 0 aliphatic carbocycles. The fourth-order valence-corrected chi connectivity index (χ4v) is 4.66. The summed E-state index contributed by atoms with van der Waals surface area (Å²) in [7, 11) is -3.58. The van der Waals surface area contributed by atoms with E-state index < -0.39 is 31.2 Å². The van der Waals surface area contributed by atoms with E-state index in [1.54, 1.807) is 20.8 Å². The van der Waals surface area contributed by atoms with Crippen LogP contribution in [0.15, 0.2) is 29.6 Å². The third-order valence-electron chi connectivity index (χ3n) is 4.15. The largest absolute Gasteiger partial charge is 0.379 e. The highest BCUT2D eigenvalue weighted by molar-refractivity contribution is 7.94. The quantitative estimate of drug-likeness (QED) is 0.702. The number of sulfone groups is 1. The Labute approximate surface area is 133 Å². The van der Waals surface area contributed by atoms with Crippen molar-refractivity contribution in [3.05, 3.63) is 24.6 Å². The monoisotopic (exact) mass is 331 g/mol. The van der Waals surface area contributed by atoms with Crippen molar-refractivity contribution in [2.75, 3.05) is 6.61 Å². The van der Waals surface area contributed by atoms with E-state index in [0.717, 1.165) is 0 Å². The number of nitrogens with zero attached hydrogens (tertiary/aromatic N) is 1. The third kappa shape index (κ3) is 3.33. The summed E-state index contributed by atoms with van der Waals surface area (Å²) in [6, 6.07) is 0. The third-order valence-corrected chi connectivity index (χ3v) is 7.16. The first-order valence-electron chi connectivity index (χ1n) is 7.32. The predicted molar refractivity (Wildman–Crippen MR) is 88.8 cm³/mol. The molecule has 0 spiro atoms. The van der Waals surface area contributed by atoms with E-state index in [1.807, 2.05) is 13.8 Å². The minimum Gasteiger partial charge on any atom is -0.379 e. The van der Waals surface area contributed by atoms with Crippen molar-refractivity contribution in [2.45, 2.75) is 62.7 Å². The van der Waals surface area contributed by atoms with Crippen LogP contribution >= 0.6 is 0 Å². The lowest BCUT2D eigenvalue weighted by atomic mass is 9.87. The lowest BCUT2D eigenvalue weighted by Gasteiger charge is -2.42. The fourth-order valence-electron chi connectivity index (χ4n) is 2.51. The van der Waals surface area contributed by atoms with Crippen LogP contribution in [0.3, 0.4) is 0 Å². The van der Waals surface area contributed by atoms with Gasteiger partial charge in [0.2, 0.25) is 0 Å². The Balaban J connectivity index is 3.29. The number of hydrogen-bond acceptors (Lipinski definition) is 4. The van der Waals surface area contributed by atoms with Gasteiger partial charge < -0.3 is 4.74 Å². The van der Waals surface area contributed by atoms with Crippen molar-refractivity contribution in [1.29, 1.82) is 0 Å². The Morgan fingerprint density at radius 1 is 1.36 bits per heavy atom. The lowest BCUT2D eigenvalue weighted by Crippen LogP contribution is -2.56. The molecular formula is C16H26FNO3S. The highest BCUT2D eigenvalue weighted by Gasteiger charge is 2.53. The molecule has 0 radical (unpaired) electrons. The zero-order valence-corrected chi connectivity index (χ0v) is 14.8. The zero-order chi connectivity index (χ0) is 17.3. The van der Waals surface area contributed by atoms with E-state index in [4.69, 9.17) is 4.74 Å². The van der Waals surface area contributed by atoms with Gasteiger partial charge in [0.1, 0.15) is 16.1 Å². The first kappa shape index (κ1) is 19.0. The Hall–Kier alpha value is -1.01. The Kier molecular flexibility index (Phi) is 5.40. The molecule has 2 unspecified atom stereocenters. The molecule has 126 valence electrons. The first-order valence-corrected chi connectivity index (χ1v) is 8.86. The normalized spacial score (nSPS) is 29.5. The molecule has 1 heterocycles. The van der Waals surface area contributed by atoms with Gasteiger partial charge in [-0.25, -0.2) is 12.8 Å². The van der Waals surface area contributed by atoms with Gasteiger partial charge in [0.25, 0.3) is 0 Å². The van der Waals surface area contributed by atoms with Crippen molar-refractivity contribution in [3.8, 4) is 0 Å². The minimum absolute atomic E-state index is 0.00243. The molecule has 0 aromatic carbocycles. The molecule has 0 amide bonds. The summed E-state index contributed by atoms with van der Waals surface area (Å²) in [5.41, 5.74) is -1.27. The second-order valence-corrected chi connectivity index (χ2v) is 9.35. The van der Waals surface area contributed by atoms with Crippen molar-refractivity contribution in [1.82, 2.24) is 0 Å². The van der Waals surface area contributed by atoms with Gasteiger partial charge in [0, 0.05) is 18.4 Å². The summed E-state index contributed by atoms with van der Waals surface area (Å²) >= 11 is 0. The summed E-state index contributed by atoms with van der Waals surface area (Å²) < 4.78 is 43.8. The van der Waals surface area contributed by atoms with E-state index in [1.165, 1.54) is 6.21 Å². The molecule has 1 aliphatic rings. The highest BCUT2D eigenvalue weighted by Crippen LogP contribution is 2.41. The number of halogens is 1. The van der Waals surface area contributed by atoms with Crippen molar-refractivity contribution in [2.24, 2.45) is 4.99 Å². The molecule has 2 atom stereocenters. The van der Waals surface area contributed by atoms with Gasteiger partial charge in [-0.1, -0.05) is 13.2 Å². The number of rotatable bonds is 6. The molecule has 0 saturated carbocycles. The van der Waals surface area contributed by atoms with E-state index in [2.05, 4.69) is 18.2 Å². The number of hydrogen-bond donors (Lipinski definition) is 0. The van der Waals surface area contributed by atoms with E-state index in [-0.39, 0.29) is 24.7 Å². The minimum atomic E-state index is -3.58. The summed E-state index contributed by atoms with van der Waals surface area (Å²) in [6.45, 7) is 15.7. The molecule has 0 fully saturated rings. The summed E-state index contributed by atoms with van der Waals surface area (Å²) in [5, 5.41) is -0.904. The van der Waals surface area contributed by atoms with Gasteiger partial charge in [0.15, 0.2) is 9.84 Å². The maximum atomic E-state index is 13.6. The summed E-state index contributed by atoms with van der Waals surface area (Å²) in [6.07, 6.45) is 1.59. The molecule has 0 saturated heterocycles. The Morgan fingerprint density at radius 2 is 1.91 bits per heavy atom. The van der Waals surface area contributed by atoms with Gasteiger partial charge in [-0.15, -0.1) is 0 Å². The van der Waals surface area contributed by atoms with Crippen LogP contribution in [0.4, 0.5) is 4.39 Å². The number of ether oxygens (including phenoxy) is 1. The average Bonchev–Trinajstić information content (AvgIpc) is 2.38. The molecule has 6 heteroatoms. The molecule has 4 nitrogen and oxygen atoms in total. The van der Waals surface area contributed by atoms with Gasteiger partial charge in [-0.2, -0.15) is 0 Å². The van der Waals surface area contributed by atoms with Crippen LogP contribution in [-0.2, 0) is 14.6 Å². The van der Waals surface area contributed by atoms with Crippen molar-refractivity contribution in [3.63, 3.8) is 0 Å². The standard InChI is InChI=1S/C16H26FNO3S/c1-11(2)21-9-8-14-16(7,12(3)13(4)17)18-10-15(5,6)22(14,19)20/h10-11,14H,3-4,8-9H2,1-2,5-7H3. The van der Waals surface area contributed by atoms with Crippen LogP contribution in [0.25, 0.3) is 0 Å². The molecular weight excluding hydrogens is 305 g/mol. The second-order valence-electron chi connectivity index (χ2n) is 6.63. The van der Waals surface area contributed by atoms with Crippen LogP contribution in [0.1, 0.15) is 41.0 Å². The first-order chi connectivity index (χ1) is 9.86. The zero-order valence-electron chi connectivity index (χ0n) is 14.0. The van der Waals surface area contributed by atoms with Gasteiger partial charge in [0.05, 0.1) is 11.4 Å². The summed E-state index contributed by atoms with van der Waals surface area (Å²) in [5.74, 6) is -0.746. The molecule has 0 aromatic heterocycles. The fraction of sp³-hybridized carbons (Fsp3) is 0.688. The topological polar surface area (TPSA) is 55.7 Å². The maximum absolute atomic E-state index is 13.6. The smallest absolute Gasteiger partial charge is 0.166 e. The average molecular weight is 331 g/mol. The molecule has 22 heavy (non-hydrogen) atoms. The van der Waals surface area contributed by atoms with Crippen LogP contribution in [0.5, 0.6) is 0 Å². The van der Waals surface area contributed by atoms with E-state index in [0.29, 0.717) is 0 Å². The lowest BCUT2D eigenvalue weighted by molar-refractivity contribution is 0.0741. The van der Waals surface area contributed by atoms with Crippen LogP contribution < -0.4 is 0 Å². The van der Waals surface area contributed by atoms with Crippen molar-refractivity contribution >= 4 is 16.1 Å². The van der Waals surface area contributed by atoms with Crippen LogP contribution in [0.2, 0.25) is 0 Å². The highest BCUT2D eigenvalue weighted by atomic mass is 32.2. The Morgan fingerprint density at radius 3 is 2.36 bits per heavy atom. The van der Waals surface area contributed by atoms with E-state index in [9.17, 15) is 12.8 Å². The summed E-state index contributed by atoms with van der Waals surface area (Å²) in [4.78, 5) is 4.35. The van der Waals surface area contributed by atoms with Gasteiger partial charge in [-0.05, 0) is 41.0 Å². The van der Waals surface area contributed by atoms with Crippen molar-refractivity contribution < 1.29 is 17.5 Å². The van der Waals surface area contributed by atoms with Crippen LogP contribution in [0, 0.1) is 0 Å². The predicted octanol–water partition coefficient (Wildman–Crippen LogP) is 3.25. The molecule has 0 N–H and O–H groups in total.